The Bertz CT molecular complexity index is 705. The van der Waals surface area contributed by atoms with Crippen LogP contribution in [0.15, 0.2) is 47.6 Å². The van der Waals surface area contributed by atoms with Crippen molar-refractivity contribution in [3.8, 4) is 0 Å². The molecule has 0 amide bonds. The first kappa shape index (κ1) is 14.4. The van der Waals surface area contributed by atoms with Gasteiger partial charge in [-0.1, -0.05) is 6.07 Å². The van der Waals surface area contributed by atoms with Crippen LogP contribution in [-0.2, 0) is 10.0 Å². The van der Waals surface area contributed by atoms with Crippen LogP contribution >= 0.6 is 0 Å². The second-order valence-electron chi connectivity index (χ2n) is 4.31. The molecule has 106 valence electrons. The van der Waals surface area contributed by atoms with Crippen molar-refractivity contribution in [1.29, 1.82) is 0 Å². The molecule has 1 aromatic heterocycles. The Morgan fingerprint density at radius 3 is 2.70 bits per heavy atom. The Kier molecular flexibility index (Phi) is 4.01. The average Bonchev–Trinajstić information content (AvgIpc) is 2.42. The van der Waals surface area contributed by atoms with Gasteiger partial charge in [0, 0.05) is 18.4 Å². The Morgan fingerprint density at radius 1 is 1.35 bits per heavy atom. The highest BCUT2D eigenvalue weighted by Crippen LogP contribution is 2.19. The van der Waals surface area contributed by atoms with E-state index in [4.69, 9.17) is 5.73 Å². The van der Waals surface area contributed by atoms with Crippen molar-refractivity contribution < 1.29 is 12.8 Å². The predicted octanol–water partition coefficient (Wildman–Crippen LogP) is 1.84. The van der Waals surface area contributed by atoms with Gasteiger partial charge in [0.2, 0.25) is 10.0 Å². The molecule has 7 heteroatoms. The van der Waals surface area contributed by atoms with Gasteiger partial charge >= 0.3 is 0 Å². The molecule has 1 atom stereocenters. The van der Waals surface area contributed by atoms with Gasteiger partial charge in [-0.05, 0) is 36.8 Å². The molecule has 1 aromatic carbocycles. The van der Waals surface area contributed by atoms with E-state index in [1.54, 1.807) is 31.5 Å². The molecule has 0 aliphatic carbocycles. The maximum absolute atomic E-state index is 13.1. The second-order valence-corrected chi connectivity index (χ2v) is 6.03. The molecule has 0 saturated carbocycles. The SMILES string of the molecule is CC(NS(=O)(=O)c1ccc(F)c(N)c1)c1cccnc1. The van der Waals surface area contributed by atoms with Crippen LogP contribution in [0, 0.1) is 5.82 Å². The molecule has 1 unspecified atom stereocenters. The van der Waals surface area contributed by atoms with Crippen LogP contribution in [0.3, 0.4) is 0 Å². The third-order valence-electron chi connectivity index (χ3n) is 2.79. The Labute approximate surface area is 116 Å². The lowest BCUT2D eigenvalue weighted by Gasteiger charge is -2.14. The molecule has 0 aliphatic rings. The molecule has 20 heavy (non-hydrogen) atoms. The first-order valence-corrected chi connectivity index (χ1v) is 7.36. The molecule has 0 aliphatic heterocycles. The molecular formula is C13H14FN3O2S. The number of pyridine rings is 1. The zero-order chi connectivity index (χ0) is 14.8. The summed E-state index contributed by atoms with van der Waals surface area (Å²) in [5.74, 6) is -0.649. The summed E-state index contributed by atoms with van der Waals surface area (Å²) < 4.78 is 39.9. The van der Waals surface area contributed by atoms with Gasteiger partial charge < -0.3 is 5.73 Å². The number of nitrogen functional groups attached to an aromatic ring is 1. The first-order valence-electron chi connectivity index (χ1n) is 5.87. The highest BCUT2D eigenvalue weighted by molar-refractivity contribution is 7.89. The fraction of sp³-hybridized carbons (Fsp3) is 0.154. The average molecular weight is 295 g/mol. The lowest BCUT2D eigenvalue weighted by molar-refractivity contribution is 0.566. The van der Waals surface area contributed by atoms with E-state index < -0.39 is 21.9 Å². The van der Waals surface area contributed by atoms with Crippen molar-refractivity contribution in [1.82, 2.24) is 9.71 Å². The van der Waals surface area contributed by atoms with E-state index in [1.807, 2.05) is 0 Å². The number of anilines is 1. The number of benzene rings is 1. The maximum Gasteiger partial charge on any atom is 0.241 e. The van der Waals surface area contributed by atoms with Gasteiger partial charge in [0.25, 0.3) is 0 Å². The molecule has 2 aromatic rings. The standard InChI is InChI=1S/C13H14FN3O2S/c1-9(10-3-2-6-16-8-10)17-20(18,19)11-4-5-12(14)13(15)7-11/h2-9,17H,15H2,1H3. The minimum absolute atomic E-state index is 0.0767. The summed E-state index contributed by atoms with van der Waals surface area (Å²) in [6.07, 6.45) is 3.18. The zero-order valence-electron chi connectivity index (χ0n) is 10.7. The normalized spacial score (nSPS) is 13.1. The van der Waals surface area contributed by atoms with Crippen molar-refractivity contribution in [2.75, 3.05) is 5.73 Å². The van der Waals surface area contributed by atoms with Gasteiger partial charge in [-0.3, -0.25) is 4.98 Å². The van der Waals surface area contributed by atoms with Gasteiger partial charge in [0.1, 0.15) is 5.82 Å². The third kappa shape index (κ3) is 3.12. The van der Waals surface area contributed by atoms with E-state index in [-0.39, 0.29) is 10.6 Å². The molecular weight excluding hydrogens is 281 g/mol. The molecule has 3 N–H and O–H groups in total. The largest absolute Gasteiger partial charge is 0.396 e. The van der Waals surface area contributed by atoms with E-state index in [9.17, 15) is 12.8 Å². The predicted molar refractivity (Wildman–Crippen MR) is 73.8 cm³/mol. The van der Waals surface area contributed by atoms with Crippen LogP contribution in [-0.4, -0.2) is 13.4 Å². The van der Waals surface area contributed by atoms with E-state index in [0.29, 0.717) is 0 Å². The van der Waals surface area contributed by atoms with E-state index in [0.717, 1.165) is 17.7 Å². The summed E-state index contributed by atoms with van der Waals surface area (Å²) in [7, 11) is -3.77. The number of sulfonamides is 1. The minimum Gasteiger partial charge on any atom is -0.396 e. The van der Waals surface area contributed by atoms with E-state index in [2.05, 4.69) is 9.71 Å². The summed E-state index contributed by atoms with van der Waals surface area (Å²) in [5.41, 5.74) is 5.90. The van der Waals surface area contributed by atoms with Gasteiger partial charge in [-0.25, -0.2) is 17.5 Å². The van der Waals surface area contributed by atoms with Gasteiger partial charge in [-0.15, -0.1) is 0 Å². The lowest BCUT2D eigenvalue weighted by Crippen LogP contribution is -2.27. The van der Waals surface area contributed by atoms with Crippen molar-refractivity contribution in [3.63, 3.8) is 0 Å². The quantitative estimate of drug-likeness (QED) is 0.843. The minimum atomic E-state index is -3.77. The van der Waals surface area contributed by atoms with E-state index >= 15 is 0 Å². The molecule has 0 fully saturated rings. The summed E-state index contributed by atoms with van der Waals surface area (Å²) in [5, 5.41) is 0. The van der Waals surface area contributed by atoms with Gasteiger partial charge in [0.05, 0.1) is 10.6 Å². The highest BCUT2D eigenvalue weighted by Gasteiger charge is 2.19. The number of hydrogen-bond acceptors (Lipinski definition) is 4. The third-order valence-corrected chi connectivity index (χ3v) is 4.33. The van der Waals surface area contributed by atoms with Crippen LogP contribution in [0.1, 0.15) is 18.5 Å². The number of nitrogens with two attached hydrogens (primary N) is 1. The number of rotatable bonds is 4. The number of aromatic nitrogens is 1. The van der Waals surface area contributed by atoms with Gasteiger partial charge in [-0.2, -0.15) is 0 Å². The van der Waals surface area contributed by atoms with Crippen LogP contribution in [0.5, 0.6) is 0 Å². The second kappa shape index (κ2) is 5.56. The summed E-state index contributed by atoms with van der Waals surface area (Å²) in [6, 6.07) is 6.31. The number of nitrogens with zero attached hydrogens (tertiary/aromatic N) is 1. The number of nitrogens with one attached hydrogen (secondary N) is 1. The van der Waals surface area contributed by atoms with Crippen molar-refractivity contribution in [2.45, 2.75) is 17.9 Å². The van der Waals surface area contributed by atoms with E-state index in [1.165, 1.54) is 6.07 Å². The smallest absolute Gasteiger partial charge is 0.241 e. The molecule has 0 bridgehead atoms. The molecule has 1 heterocycles. The van der Waals surface area contributed by atoms with Crippen LogP contribution in [0.4, 0.5) is 10.1 Å². The lowest BCUT2D eigenvalue weighted by atomic mass is 10.2. The molecule has 2 rings (SSSR count). The molecule has 0 saturated heterocycles. The maximum atomic E-state index is 13.1. The van der Waals surface area contributed by atoms with Crippen molar-refractivity contribution in [3.05, 3.63) is 54.1 Å². The van der Waals surface area contributed by atoms with Crippen LogP contribution in [0.25, 0.3) is 0 Å². The van der Waals surface area contributed by atoms with Crippen LogP contribution < -0.4 is 10.5 Å². The fourth-order valence-electron chi connectivity index (χ4n) is 1.69. The monoisotopic (exact) mass is 295 g/mol. The van der Waals surface area contributed by atoms with Gasteiger partial charge in [0.15, 0.2) is 0 Å². The number of hydrogen-bond donors (Lipinski definition) is 2. The topological polar surface area (TPSA) is 85.1 Å². The zero-order valence-corrected chi connectivity index (χ0v) is 11.6. The molecule has 0 radical (unpaired) electrons. The number of halogens is 1. The molecule has 5 nitrogen and oxygen atoms in total. The Hall–Kier alpha value is -1.99. The summed E-state index contributed by atoms with van der Waals surface area (Å²) >= 11 is 0. The Balaban J connectivity index is 2.25. The van der Waals surface area contributed by atoms with Crippen molar-refractivity contribution in [2.24, 2.45) is 0 Å². The summed E-state index contributed by atoms with van der Waals surface area (Å²) in [6.45, 7) is 1.70. The van der Waals surface area contributed by atoms with Crippen LogP contribution in [0.2, 0.25) is 0 Å². The first-order chi connectivity index (χ1) is 9.40. The highest BCUT2D eigenvalue weighted by atomic mass is 32.2. The summed E-state index contributed by atoms with van der Waals surface area (Å²) in [4.78, 5) is 3.85. The Morgan fingerprint density at radius 2 is 2.10 bits per heavy atom. The molecule has 0 spiro atoms. The fourth-order valence-corrected chi connectivity index (χ4v) is 2.96. The van der Waals surface area contributed by atoms with Crippen molar-refractivity contribution >= 4 is 15.7 Å².